The highest BCUT2D eigenvalue weighted by molar-refractivity contribution is 5.55. The second kappa shape index (κ2) is 6.96. The van der Waals surface area contributed by atoms with E-state index in [0.29, 0.717) is 5.92 Å². The lowest BCUT2D eigenvalue weighted by atomic mass is 9.94. The molecular weight excluding hydrogens is 318 g/mol. The molecule has 1 fully saturated rings. The Morgan fingerprint density at radius 3 is 3.04 bits per heavy atom. The van der Waals surface area contributed by atoms with Gasteiger partial charge >= 0.3 is 0 Å². The molecule has 4 rings (SSSR count). The van der Waals surface area contributed by atoms with E-state index in [4.69, 9.17) is 14.2 Å². The summed E-state index contributed by atoms with van der Waals surface area (Å²) in [6, 6.07) is 4.14. The largest absolute Gasteiger partial charge is 0.493 e. The topological polar surface area (TPSA) is 48.8 Å². The van der Waals surface area contributed by atoms with Gasteiger partial charge in [0.15, 0.2) is 11.5 Å². The summed E-state index contributed by atoms with van der Waals surface area (Å²) in [6.07, 6.45) is 7.46. The van der Waals surface area contributed by atoms with Crippen LogP contribution in [0.3, 0.4) is 0 Å². The third-order valence-electron chi connectivity index (χ3n) is 5.12. The van der Waals surface area contributed by atoms with Crippen molar-refractivity contribution < 1.29 is 14.2 Å². The molecule has 1 aromatic carbocycles. The van der Waals surface area contributed by atoms with Crippen LogP contribution >= 0.6 is 0 Å². The fraction of sp³-hybridized carbons (Fsp3) is 0.526. The smallest absolute Gasteiger partial charge is 0.231 e. The maximum absolute atomic E-state index is 5.54. The first-order valence-electron chi connectivity index (χ1n) is 8.88. The minimum atomic E-state index is 0.268. The maximum atomic E-state index is 5.54. The molecule has 3 heterocycles. The molecule has 2 aromatic rings. The van der Waals surface area contributed by atoms with E-state index in [2.05, 4.69) is 33.6 Å². The van der Waals surface area contributed by atoms with E-state index in [1.807, 2.05) is 12.4 Å². The zero-order chi connectivity index (χ0) is 17.2. The van der Waals surface area contributed by atoms with E-state index in [1.165, 1.54) is 24.2 Å². The third kappa shape index (κ3) is 3.44. The molecule has 2 aliphatic heterocycles. The molecule has 0 radical (unpaired) electrons. The van der Waals surface area contributed by atoms with Gasteiger partial charge in [-0.15, -0.1) is 0 Å². The molecule has 0 N–H and O–H groups in total. The van der Waals surface area contributed by atoms with Crippen molar-refractivity contribution in [3.63, 3.8) is 0 Å². The van der Waals surface area contributed by atoms with Gasteiger partial charge in [0.05, 0.1) is 7.11 Å². The second-order valence-electron chi connectivity index (χ2n) is 6.93. The quantitative estimate of drug-likeness (QED) is 0.835. The standard InChI is InChI=1S/C19H25N3O3/c1-21-7-5-20-18(21)10-14-4-3-6-22(11-14)12-15-8-16(23-2)19-17(9-15)24-13-25-19/h5,7-9,14H,3-4,6,10-13H2,1-2H3. The number of piperidine rings is 1. The van der Waals surface area contributed by atoms with Gasteiger partial charge in [-0.25, -0.2) is 4.98 Å². The Hall–Kier alpha value is -2.21. The van der Waals surface area contributed by atoms with Crippen LogP contribution in [0.5, 0.6) is 17.2 Å². The number of nitrogens with zero attached hydrogens (tertiary/aromatic N) is 3. The van der Waals surface area contributed by atoms with Gasteiger partial charge in [0, 0.05) is 39.0 Å². The van der Waals surface area contributed by atoms with E-state index < -0.39 is 0 Å². The number of likely N-dealkylation sites (tertiary alicyclic amines) is 1. The van der Waals surface area contributed by atoms with E-state index in [9.17, 15) is 0 Å². The molecule has 0 amide bonds. The molecule has 1 saturated heterocycles. The first kappa shape index (κ1) is 16.3. The van der Waals surface area contributed by atoms with Gasteiger partial charge in [0.2, 0.25) is 12.5 Å². The highest BCUT2D eigenvalue weighted by Crippen LogP contribution is 2.42. The van der Waals surface area contributed by atoms with Gasteiger partial charge in [0.1, 0.15) is 5.82 Å². The number of rotatable bonds is 5. The van der Waals surface area contributed by atoms with Gasteiger partial charge in [-0.1, -0.05) is 0 Å². The lowest BCUT2D eigenvalue weighted by Crippen LogP contribution is -2.36. The summed E-state index contributed by atoms with van der Waals surface area (Å²) in [5, 5.41) is 0. The summed E-state index contributed by atoms with van der Waals surface area (Å²) in [6.45, 7) is 3.41. The lowest BCUT2D eigenvalue weighted by molar-refractivity contribution is 0.165. The zero-order valence-electron chi connectivity index (χ0n) is 14.9. The first-order chi connectivity index (χ1) is 12.2. The zero-order valence-corrected chi connectivity index (χ0v) is 14.9. The molecule has 134 valence electrons. The van der Waals surface area contributed by atoms with E-state index in [-0.39, 0.29) is 6.79 Å². The molecule has 0 bridgehead atoms. The van der Waals surface area contributed by atoms with Crippen molar-refractivity contribution in [1.82, 2.24) is 14.5 Å². The van der Waals surface area contributed by atoms with Crippen LogP contribution < -0.4 is 14.2 Å². The molecule has 2 aliphatic rings. The summed E-state index contributed by atoms with van der Waals surface area (Å²) in [4.78, 5) is 7.00. The average molecular weight is 343 g/mol. The molecule has 1 aromatic heterocycles. The SMILES string of the molecule is COc1cc(CN2CCCC(Cc3nccn3C)C2)cc2c1OCO2. The number of hydrogen-bond acceptors (Lipinski definition) is 5. The Balaban J connectivity index is 1.43. The fourth-order valence-electron chi connectivity index (χ4n) is 3.85. The normalized spacial score (nSPS) is 20.0. The summed E-state index contributed by atoms with van der Waals surface area (Å²) in [5.41, 5.74) is 1.21. The van der Waals surface area contributed by atoms with Crippen LogP contribution in [0, 0.1) is 5.92 Å². The third-order valence-corrected chi connectivity index (χ3v) is 5.12. The maximum Gasteiger partial charge on any atom is 0.231 e. The van der Waals surface area contributed by atoms with Crippen LogP contribution in [0.25, 0.3) is 0 Å². The van der Waals surface area contributed by atoms with Crippen LogP contribution in [-0.2, 0) is 20.0 Å². The highest BCUT2D eigenvalue weighted by Gasteiger charge is 2.24. The molecule has 0 saturated carbocycles. The highest BCUT2D eigenvalue weighted by atomic mass is 16.7. The molecule has 0 aliphatic carbocycles. The molecule has 6 heteroatoms. The van der Waals surface area contributed by atoms with Gasteiger partial charge in [-0.3, -0.25) is 4.90 Å². The second-order valence-corrected chi connectivity index (χ2v) is 6.93. The van der Waals surface area contributed by atoms with E-state index in [0.717, 1.165) is 43.3 Å². The Morgan fingerprint density at radius 2 is 2.24 bits per heavy atom. The van der Waals surface area contributed by atoms with Crippen molar-refractivity contribution in [3.8, 4) is 17.2 Å². The summed E-state index contributed by atoms with van der Waals surface area (Å²) < 4.78 is 18.6. The minimum Gasteiger partial charge on any atom is -0.493 e. The van der Waals surface area contributed by atoms with Crippen molar-refractivity contribution in [2.45, 2.75) is 25.8 Å². The Bertz CT molecular complexity index is 744. The molecule has 1 atom stereocenters. The Kier molecular flexibility index (Phi) is 4.53. The lowest BCUT2D eigenvalue weighted by Gasteiger charge is -2.32. The summed E-state index contributed by atoms with van der Waals surface area (Å²) in [7, 11) is 3.74. The van der Waals surface area contributed by atoms with Gasteiger partial charge in [0.25, 0.3) is 0 Å². The number of imidazole rings is 1. The number of aromatic nitrogens is 2. The number of methoxy groups -OCH3 is 1. The van der Waals surface area contributed by atoms with E-state index >= 15 is 0 Å². The van der Waals surface area contributed by atoms with Crippen molar-refractivity contribution in [2.24, 2.45) is 13.0 Å². The average Bonchev–Trinajstić information content (AvgIpc) is 3.24. The van der Waals surface area contributed by atoms with Crippen LogP contribution in [0.2, 0.25) is 0 Å². The number of benzene rings is 1. The molecule has 0 spiro atoms. The molecule has 1 unspecified atom stereocenters. The first-order valence-corrected chi connectivity index (χ1v) is 8.88. The van der Waals surface area contributed by atoms with Crippen LogP contribution in [-0.4, -0.2) is 41.4 Å². The van der Waals surface area contributed by atoms with Crippen molar-refractivity contribution in [1.29, 1.82) is 0 Å². The van der Waals surface area contributed by atoms with Gasteiger partial charge < -0.3 is 18.8 Å². The Labute approximate surface area is 148 Å². The van der Waals surface area contributed by atoms with Crippen molar-refractivity contribution in [3.05, 3.63) is 35.9 Å². The molecule has 25 heavy (non-hydrogen) atoms. The number of fused-ring (bicyclic) bond motifs is 1. The molecule has 6 nitrogen and oxygen atoms in total. The van der Waals surface area contributed by atoms with Crippen LogP contribution in [0.4, 0.5) is 0 Å². The predicted octanol–water partition coefficient (Wildman–Crippen LogP) is 2.61. The van der Waals surface area contributed by atoms with Crippen molar-refractivity contribution >= 4 is 0 Å². The minimum absolute atomic E-state index is 0.268. The monoisotopic (exact) mass is 343 g/mol. The summed E-state index contributed by atoms with van der Waals surface area (Å²) in [5.74, 6) is 4.10. The molecular formula is C19H25N3O3. The Morgan fingerprint density at radius 1 is 1.32 bits per heavy atom. The van der Waals surface area contributed by atoms with Gasteiger partial charge in [-0.2, -0.15) is 0 Å². The van der Waals surface area contributed by atoms with Crippen LogP contribution in [0.1, 0.15) is 24.2 Å². The van der Waals surface area contributed by atoms with Gasteiger partial charge in [-0.05, 0) is 43.0 Å². The van der Waals surface area contributed by atoms with Crippen molar-refractivity contribution in [2.75, 3.05) is 27.0 Å². The number of hydrogen-bond donors (Lipinski definition) is 0. The van der Waals surface area contributed by atoms with Crippen LogP contribution in [0.15, 0.2) is 24.5 Å². The fourth-order valence-corrected chi connectivity index (χ4v) is 3.85. The predicted molar refractivity (Wildman–Crippen MR) is 94.0 cm³/mol. The van der Waals surface area contributed by atoms with E-state index in [1.54, 1.807) is 7.11 Å². The number of ether oxygens (including phenoxy) is 3. The summed E-state index contributed by atoms with van der Waals surface area (Å²) >= 11 is 0. The number of aryl methyl sites for hydroxylation is 1.